The van der Waals surface area contributed by atoms with Crippen LogP contribution in [0.5, 0.6) is 0 Å². The molecule has 1 nitrogen and oxygen atoms in total. The van der Waals surface area contributed by atoms with Gasteiger partial charge in [-0.2, -0.15) is 0 Å². The van der Waals surface area contributed by atoms with Gasteiger partial charge < -0.3 is 4.90 Å². The second-order valence-corrected chi connectivity index (χ2v) is 3.43. The van der Waals surface area contributed by atoms with Crippen LogP contribution in [0, 0.1) is 5.92 Å². The van der Waals surface area contributed by atoms with Gasteiger partial charge in [0, 0.05) is 12.1 Å². The highest BCUT2D eigenvalue weighted by Crippen LogP contribution is 2.28. The minimum Gasteiger partial charge on any atom is -0.372 e. The van der Waals surface area contributed by atoms with Crippen molar-refractivity contribution in [3.63, 3.8) is 0 Å². The van der Waals surface area contributed by atoms with Crippen LogP contribution in [0.2, 0.25) is 0 Å². The molecule has 1 aliphatic heterocycles. The van der Waals surface area contributed by atoms with E-state index in [4.69, 9.17) is 0 Å². The van der Waals surface area contributed by atoms with Gasteiger partial charge in [-0.25, -0.2) is 0 Å². The van der Waals surface area contributed by atoms with Crippen LogP contribution in [-0.2, 0) is 0 Å². The van der Waals surface area contributed by atoms with E-state index in [0.717, 1.165) is 5.92 Å². The van der Waals surface area contributed by atoms with Crippen LogP contribution in [0.15, 0.2) is 12.8 Å². The fourth-order valence-electron chi connectivity index (χ4n) is 1.90. The molecule has 58 valence electrons. The standard InChI is InChI=1S/C9H17N/c1-5-10-8(3)6-7(2)9(10)4/h5,7-9H,1,6H2,2-4H3/t7-,8+,9-/m1/s1. The van der Waals surface area contributed by atoms with E-state index in [9.17, 15) is 0 Å². The third-order valence-corrected chi connectivity index (χ3v) is 2.73. The molecule has 1 rings (SSSR count). The Labute approximate surface area is 63.7 Å². The summed E-state index contributed by atoms with van der Waals surface area (Å²) in [5.41, 5.74) is 0. The molecule has 0 aromatic carbocycles. The van der Waals surface area contributed by atoms with E-state index in [2.05, 4.69) is 32.3 Å². The van der Waals surface area contributed by atoms with Gasteiger partial charge in [0.05, 0.1) is 0 Å². The SMILES string of the molecule is C=CN1[C@H](C)[C@H](C)C[C@@H]1C. The van der Waals surface area contributed by atoms with Gasteiger partial charge in [0.15, 0.2) is 0 Å². The first-order valence-corrected chi connectivity index (χ1v) is 4.06. The predicted molar refractivity (Wildman–Crippen MR) is 44.7 cm³/mol. The van der Waals surface area contributed by atoms with Gasteiger partial charge in [0.2, 0.25) is 0 Å². The monoisotopic (exact) mass is 139 g/mol. The molecular formula is C9H17N. The lowest BCUT2D eigenvalue weighted by Crippen LogP contribution is -2.28. The van der Waals surface area contributed by atoms with Crippen molar-refractivity contribution in [1.29, 1.82) is 0 Å². The smallest absolute Gasteiger partial charge is 0.0285 e. The topological polar surface area (TPSA) is 3.24 Å². The van der Waals surface area contributed by atoms with Crippen molar-refractivity contribution >= 4 is 0 Å². The van der Waals surface area contributed by atoms with E-state index in [0.29, 0.717) is 12.1 Å². The highest BCUT2D eigenvalue weighted by molar-refractivity contribution is 4.92. The first kappa shape index (κ1) is 7.64. The third-order valence-electron chi connectivity index (χ3n) is 2.73. The van der Waals surface area contributed by atoms with Gasteiger partial charge in [-0.1, -0.05) is 13.5 Å². The molecule has 3 atom stereocenters. The molecule has 0 aromatic rings. The summed E-state index contributed by atoms with van der Waals surface area (Å²) in [5, 5.41) is 0. The average molecular weight is 139 g/mol. The Morgan fingerprint density at radius 1 is 1.40 bits per heavy atom. The Bertz CT molecular complexity index is 131. The fraction of sp³-hybridized carbons (Fsp3) is 0.778. The van der Waals surface area contributed by atoms with Gasteiger partial charge in [-0.05, 0) is 32.4 Å². The first-order chi connectivity index (χ1) is 4.66. The summed E-state index contributed by atoms with van der Waals surface area (Å²) in [5.74, 6) is 0.827. The molecule has 0 amide bonds. The Morgan fingerprint density at radius 3 is 2.20 bits per heavy atom. The molecular weight excluding hydrogens is 122 g/mol. The quantitative estimate of drug-likeness (QED) is 0.538. The largest absolute Gasteiger partial charge is 0.372 e. The molecule has 1 fully saturated rings. The van der Waals surface area contributed by atoms with E-state index in [1.54, 1.807) is 0 Å². The summed E-state index contributed by atoms with van der Waals surface area (Å²) in [4.78, 5) is 2.35. The molecule has 0 radical (unpaired) electrons. The van der Waals surface area contributed by atoms with Crippen LogP contribution in [-0.4, -0.2) is 17.0 Å². The molecule has 1 aliphatic rings. The Hall–Kier alpha value is -0.460. The van der Waals surface area contributed by atoms with Crippen molar-refractivity contribution in [2.24, 2.45) is 5.92 Å². The molecule has 10 heavy (non-hydrogen) atoms. The minimum atomic E-state index is 0.687. The van der Waals surface area contributed by atoms with Crippen molar-refractivity contribution in [1.82, 2.24) is 4.90 Å². The zero-order valence-corrected chi connectivity index (χ0v) is 7.17. The summed E-state index contributed by atoms with van der Waals surface area (Å²) in [6.07, 6.45) is 3.28. The number of likely N-dealkylation sites (tertiary alicyclic amines) is 1. The molecule has 0 bridgehead atoms. The van der Waals surface area contributed by atoms with Crippen LogP contribution in [0.3, 0.4) is 0 Å². The highest BCUT2D eigenvalue weighted by atomic mass is 15.2. The first-order valence-electron chi connectivity index (χ1n) is 4.06. The molecule has 1 heterocycles. The number of nitrogens with zero attached hydrogens (tertiary/aromatic N) is 1. The normalized spacial score (nSPS) is 40.3. The van der Waals surface area contributed by atoms with Crippen LogP contribution in [0.1, 0.15) is 27.2 Å². The van der Waals surface area contributed by atoms with E-state index >= 15 is 0 Å². The van der Waals surface area contributed by atoms with Gasteiger partial charge in [-0.15, -0.1) is 0 Å². The molecule has 1 heteroatoms. The zero-order chi connectivity index (χ0) is 7.72. The second-order valence-electron chi connectivity index (χ2n) is 3.43. The van der Waals surface area contributed by atoms with Crippen LogP contribution in [0.4, 0.5) is 0 Å². The lowest BCUT2D eigenvalue weighted by Gasteiger charge is -2.24. The molecule has 1 saturated heterocycles. The van der Waals surface area contributed by atoms with Crippen molar-refractivity contribution in [2.75, 3.05) is 0 Å². The molecule has 0 spiro atoms. The van der Waals surface area contributed by atoms with Crippen molar-refractivity contribution in [3.8, 4) is 0 Å². The summed E-state index contributed by atoms with van der Waals surface area (Å²) >= 11 is 0. The maximum absolute atomic E-state index is 3.80. The highest BCUT2D eigenvalue weighted by Gasteiger charge is 2.30. The van der Waals surface area contributed by atoms with Gasteiger partial charge in [0.1, 0.15) is 0 Å². The van der Waals surface area contributed by atoms with Gasteiger partial charge >= 0.3 is 0 Å². The maximum Gasteiger partial charge on any atom is 0.0285 e. The van der Waals surface area contributed by atoms with E-state index in [1.165, 1.54) is 6.42 Å². The van der Waals surface area contributed by atoms with E-state index in [-0.39, 0.29) is 0 Å². The molecule has 0 saturated carbocycles. The molecule has 0 N–H and O–H groups in total. The van der Waals surface area contributed by atoms with Gasteiger partial charge in [0.25, 0.3) is 0 Å². The summed E-state index contributed by atoms with van der Waals surface area (Å²) < 4.78 is 0. The van der Waals surface area contributed by atoms with E-state index in [1.807, 2.05) is 6.20 Å². The third kappa shape index (κ3) is 1.05. The summed E-state index contributed by atoms with van der Waals surface area (Å²) in [6, 6.07) is 1.38. The zero-order valence-electron chi connectivity index (χ0n) is 7.17. The van der Waals surface area contributed by atoms with Crippen LogP contribution >= 0.6 is 0 Å². The Morgan fingerprint density at radius 2 is 2.00 bits per heavy atom. The van der Waals surface area contributed by atoms with Crippen LogP contribution < -0.4 is 0 Å². The Balaban J connectivity index is 2.63. The second kappa shape index (κ2) is 2.65. The maximum atomic E-state index is 3.80. The number of hydrogen-bond donors (Lipinski definition) is 0. The number of hydrogen-bond acceptors (Lipinski definition) is 1. The lowest BCUT2D eigenvalue weighted by atomic mass is 10.0. The Kier molecular flexibility index (Phi) is 2.02. The minimum absolute atomic E-state index is 0.687. The molecule has 0 unspecified atom stereocenters. The van der Waals surface area contributed by atoms with Crippen LogP contribution in [0.25, 0.3) is 0 Å². The van der Waals surface area contributed by atoms with E-state index < -0.39 is 0 Å². The van der Waals surface area contributed by atoms with Crippen molar-refractivity contribution < 1.29 is 0 Å². The predicted octanol–water partition coefficient (Wildman–Crippen LogP) is 2.25. The lowest BCUT2D eigenvalue weighted by molar-refractivity contribution is 0.290. The van der Waals surface area contributed by atoms with Gasteiger partial charge in [-0.3, -0.25) is 0 Å². The molecule has 0 aromatic heterocycles. The van der Waals surface area contributed by atoms with Crippen molar-refractivity contribution in [2.45, 2.75) is 39.3 Å². The summed E-state index contributed by atoms with van der Waals surface area (Å²) in [7, 11) is 0. The summed E-state index contributed by atoms with van der Waals surface area (Å²) in [6.45, 7) is 10.7. The fourth-order valence-corrected chi connectivity index (χ4v) is 1.90. The van der Waals surface area contributed by atoms with Crippen molar-refractivity contribution in [3.05, 3.63) is 12.8 Å². The molecule has 0 aliphatic carbocycles. The number of rotatable bonds is 1. The average Bonchev–Trinajstić information content (AvgIpc) is 2.09.